The van der Waals surface area contributed by atoms with E-state index in [1.54, 1.807) is 45.2 Å². The molecule has 2 fully saturated rings. The van der Waals surface area contributed by atoms with Crippen LogP contribution in [0, 0.1) is 5.92 Å². The van der Waals surface area contributed by atoms with Crippen molar-refractivity contribution in [1.29, 1.82) is 0 Å². The molecule has 2 N–H and O–H groups in total. The summed E-state index contributed by atoms with van der Waals surface area (Å²) < 4.78 is 29.1. The van der Waals surface area contributed by atoms with E-state index in [0.717, 1.165) is 11.1 Å². The quantitative estimate of drug-likeness (QED) is 0.0813. The van der Waals surface area contributed by atoms with Crippen LogP contribution in [-0.2, 0) is 39.8 Å². The molecule has 0 radical (unpaired) electrons. The Morgan fingerprint density at radius 1 is 1.28 bits per heavy atom. The van der Waals surface area contributed by atoms with Gasteiger partial charge in [0.25, 0.3) is 0 Å². The summed E-state index contributed by atoms with van der Waals surface area (Å²) in [5.41, 5.74) is 7.49. The number of epoxide rings is 1. The van der Waals surface area contributed by atoms with E-state index in [2.05, 4.69) is 15.3 Å². The van der Waals surface area contributed by atoms with Crippen molar-refractivity contribution in [2.75, 3.05) is 39.8 Å². The number of fused-ring (bicyclic) bond motifs is 5. The van der Waals surface area contributed by atoms with Crippen molar-refractivity contribution in [1.82, 2.24) is 10.2 Å². The zero-order valence-electron chi connectivity index (χ0n) is 32.0. The van der Waals surface area contributed by atoms with E-state index in [9.17, 15) is 24.3 Å². The van der Waals surface area contributed by atoms with Crippen molar-refractivity contribution in [3.63, 3.8) is 0 Å². The number of carbonyl (C=O) groups excluding carboxylic acids is 4. The molecule has 3 aliphatic heterocycles. The summed E-state index contributed by atoms with van der Waals surface area (Å²) in [4.78, 5) is 59.0. The molecule has 16 nitrogen and oxygen atoms in total. The van der Waals surface area contributed by atoms with Crippen molar-refractivity contribution in [3.8, 4) is 5.75 Å². The van der Waals surface area contributed by atoms with Crippen LogP contribution in [0.4, 0.5) is 10.5 Å². The minimum atomic E-state index is -1.84. The smallest absolute Gasteiger partial charge is 0.409 e. The zero-order chi connectivity index (χ0) is 40.0. The van der Waals surface area contributed by atoms with Crippen LogP contribution in [0.5, 0.6) is 5.75 Å². The van der Waals surface area contributed by atoms with E-state index in [1.807, 2.05) is 13.0 Å². The Labute approximate surface area is 320 Å². The second-order valence-corrected chi connectivity index (χ2v) is 14.7. The van der Waals surface area contributed by atoms with Crippen LogP contribution in [0.1, 0.15) is 65.4 Å². The highest BCUT2D eigenvalue weighted by Gasteiger charge is 2.64. The number of hydrogen-bond donors (Lipinski definition) is 2. The minimum absolute atomic E-state index is 0.0650. The van der Waals surface area contributed by atoms with Crippen molar-refractivity contribution < 1.29 is 48.0 Å². The Bertz CT molecular complexity index is 1700. The highest BCUT2D eigenvalue weighted by molar-refractivity contribution is 6.35. The van der Waals surface area contributed by atoms with Crippen molar-refractivity contribution >= 4 is 41.2 Å². The molecular formula is C37H51ClN6O10. The molecule has 1 aromatic rings. The zero-order valence-corrected chi connectivity index (χ0v) is 32.8. The third-order valence-electron chi connectivity index (χ3n) is 10.5. The number of likely N-dealkylation sites (N-methyl/N-ethyl adjacent to an activating group) is 1. The van der Waals surface area contributed by atoms with Gasteiger partial charge in [-0.1, -0.05) is 47.4 Å². The molecule has 3 heterocycles. The first-order chi connectivity index (χ1) is 25.5. The van der Waals surface area contributed by atoms with Gasteiger partial charge in [0.1, 0.15) is 40.7 Å². The summed E-state index contributed by atoms with van der Waals surface area (Å²) >= 11 is 6.75. The fourth-order valence-electron chi connectivity index (χ4n) is 6.90. The van der Waals surface area contributed by atoms with Crippen LogP contribution in [0.15, 0.2) is 41.0 Å². The average Bonchev–Trinajstić information content (AvgIpc) is 3.83. The Kier molecular flexibility index (Phi) is 14.0. The molecular weight excluding hydrogens is 724 g/mol. The molecule has 54 heavy (non-hydrogen) atoms. The number of aliphatic hydroxyl groups is 1. The van der Waals surface area contributed by atoms with Gasteiger partial charge in [0, 0.05) is 51.4 Å². The summed E-state index contributed by atoms with van der Waals surface area (Å²) in [5.74, 6) is -1.71. The summed E-state index contributed by atoms with van der Waals surface area (Å²) in [6, 6.07) is 2.54. The number of esters is 1. The lowest BCUT2D eigenvalue weighted by atomic mass is 9.83. The van der Waals surface area contributed by atoms with Crippen LogP contribution in [0.25, 0.3) is 10.4 Å². The normalized spacial score (nSPS) is 30.6. The predicted molar refractivity (Wildman–Crippen MR) is 199 cm³/mol. The van der Waals surface area contributed by atoms with Crippen molar-refractivity contribution in [2.24, 2.45) is 11.0 Å². The highest BCUT2D eigenvalue weighted by atomic mass is 35.5. The average molecular weight is 775 g/mol. The number of ether oxygens (including phenoxy) is 5. The van der Waals surface area contributed by atoms with Gasteiger partial charge in [-0.05, 0) is 63.3 Å². The maximum Gasteiger partial charge on any atom is 0.409 e. The first kappa shape index (κ1) is 42.4. The molecule has 0 saturated carbocycles. The van der Waals surface area contributed by atoms with E-state index in [0.29, 0.717) is 30.7 Å². The molecule has 0 aromatic heterocycles. The minimum Gasteiger partial charge on any atom is -0.495 e. The second-order valence-electron chi connectivity index (χ2n) is 14.3. The summed E-state index contributed by atoms with van der Waals surface area (Å²) in [5, 5.41) is 17.9. The van der Waals surface area contributed by atoms with Crippen LogP contribution in [-0.4, -0.2) is 111 Å². The van der Waals surface area contributed by atoms with Crippen LogP contribution >= 0.6 is 11.6 Å². The molecule has 0 spiro atoms. The maximum absolute atomic E-state index is 14.1. The lowest BCUT2D eigenvalue weighted by molar-refractivity contribution is -0.162. The fourth-order valence-corrected chi connectivity index (χ4v) is 7.21. The number of nitrogens with one attached hydrogen (secondary N) is 1. The number of allylic oxidation sites excluding steroid dienone is 3. The number of benzene rings is 1. The lowest BCUT2D eigenvalue weighted by Crippen LogP contribution is -2.63. The first-order valence-corrected chi connectivity index (χ1v) is 18.2. The molecule has 3 aliphatic rings. The van der Waals surface area contributed by atoms with Gasteiger partial charge in [0.05, 0.1) is 25.3 Å². The van der Waals surface area contributed by atoms with Crippen LogP contribution in [0.3, 0.4) is 0 Å². The highest BCUT2D eigenvalue weighted by Crippen LogP contribution is 2.49. The Morgan fingerprint density at radius 2 is 2.00 bits per heavy atom. The molecule has 8 atom stereocenters. The van der Waals surface area contributed by atoms with Crippen LogP contribution < -0.4 is 15.0 Å². The Hall–Kier alpha value is -4.34. The summed E-state index contributed by atoms with van der Waals surface area (Å²) in [6.45, 7) is 7.18. The molecule has 3 amide bonds. The van der Waals surface area contributed by atoms with Gasteiger partial charge >= 0.3 is 12.1 Å². The second kappa shape index (κ2) is 17.9. The van der Waals surface area contributed by atoms with Gasteiger partial charge in [0.15, 0.2) is 5.72 Å². The monoisotopic (exact) mass is 774 g/mol. The molecule has 1 aromatic carbocycles. The summed E-state index contributed by atoms with van der Waals surface area (Å²) in [6.07, 6.45) is 1.87. The SMILES string of the molecule is COc1cc2cc(c1Cl)N(C)C(=O)CC(OC(=O)C(C)N(C)C(=O)CCCCN=[N+]=[N-])C1(C)OC1C(C)C1CC(O)(NC(=O)O1)C(OC)/C=C/C=C(\C)C2. The number of hydrogen-bond acceptors (Lipinski definition) is 11. The number of alkyl carbamates (subject to hydrolysis) is 1. The van der Waals surface area contributed by atoms with Gasteiger partial charge in [-0.15, -0.1) is 0 Å². The first-order valence-electron chi connectivity index (χ1n) is 17.8. The van der Waals surface area contributed by atoms with E-state index >= 15 is 0 Å². The van der Waals surface area contributed by atoms with E-state index < -0.39 is 65.7 Å². The molecule has 2 saturated heterocycles. The maximum atomic E-state index is 14.1. The van der Waals surface area contributed by atoms with Gasteiger partial charge < -0.3 is 38.6 Å². The van der Waals surface area contributed by atoms with E-state index in [1.165, 1.54) is 38.0 Å². The lowest BCUT2D eigenvalue weighted by Gasteiger charge is -2.42. The van der Waals surface area contributed by atoms with Crippen molar-refractivity contribution in [2.45, 2.75) is 108 Å². The topological polar surface area (TPSA) is 205 Å². The number of methoxy groups -OCH3 is 2. The van der Waals surface area contributed by atoms with Crippen molar-refractivity contribution in [3.05, 3.63) is 57.0 Å². The molecule has 17 heteroatoms. The molecule has 0 aliphatic carbocycles. The van der Waals surface area contributed by atoms with Gasteiger partial charge in [-0.2, -0.15) is 0 Å². The third kappa shape index (κ3) is 9.66. The number of nitrogens with zero attached hydrogens (tertiary/aromatic N) is 5. The predicted octanol–water partition coefficient (Wildman–Crippen LogP) is 5.00. The standard InChI is InChI=1S/C37H51ClN6O10/c1-21-12-11-13-28(51-8)37(49)20-27(52-35(48)41-37)22(2)33-36(4,54-33)29(53-34(47)23(3)43(5)30(45)14-9-10-15-40-42-39)19-31(46)44(6)25-17-24(16-21)18-26(50-7)32(25)38/h11-13,17-18,22-23,27-29,33,49H,9-10,14-16,19-20H2,1-8H3,(H,41,48)/b13-11+,21-12+. The largest absolute Gasteiger partial charge is 0.495 e. The van der Waals surface area contributed by atoms with E-state index in [4.69, 9.17) is 40.8 Å². The number of amides is 3. The molecule has 8 unspecified atom stereocenters. The fraction of sp³-hybridized carbons (Fsp3) is 0.622. The molecule has 4 rings (SSSR count). The number of unbranched alkanes of at least 4 members (excludes halogenated alkanes) is 1. The molecule has 296 valence electrons. The third-order valence-corrected chi connectivity index (χ3v) is 10.9. The number of anilines is 1. The number of carbonyl (C=O) groups is 4. The number of halogens is 1. The summed E-state index contributed by atoms with van der Waals surface area (Å²) in [7, 11) is 5.95. The van der Waals surface area contributed by atoms with Gasteiger partial charge in [0.2, 0.25) is 11.8 Å². The number of rotatable bonds is 10. The van der Waals surface area contributed by atoms with E-state index in [-0.39, 0.29) is 36.7 Å². The van der Waals surface area contributed by atoms with Crippen LogP contribution in [0.2, 0.25) is 5.02 Å². The number of azide groups is 1. The molecule has 4 bridgehead atoms. The van der Waals surface area contributed by atoms with Gasteiger partial charge in [-0.25, -0.2) is 9.59 Å². The van der Waals surface area contributed by atoms with Gasteiger partial charge in [-0.3, -0.25) is 14.9 Å². The Morgan fingerprint density at radius 3 is 2.67 bits per heavy atom. The Balaban J connectivity index is 1.71.